The molecule has 1 saturated heterocycles. The fourth-order valence-electron chi connectivity index (χ4n) is 2.58. The smallest absolute Gasteiger partial charge is 0.414 e. The Bertz CT molecular complexity index is 793. The number of benzene rings is 1. The van der Waals surface area contributed by atoms with Crippen LogP contribution in [0.1, 0.15) is 18.9 Å². The van der Waals surface area contributed by atoms with E-state index < -0.39 is 32.8 Å². The maximum atomic E-state index is 12.1. The van der Waals surface area contributed by atoms with Crippen LogP contribution in [0.2, 0.25) is 0 Å². The normalized spacial score (nSPS) is 20.6. The Morgan fingerprint density at radius 3 is 2.62 bits per heavy atom. The Labute approximate surface area is 148 Å². The first-order chi connectivity index (χ1) is 11.0. The van der Waals surface area contributed by atoms with Crippen molar-refractivity contribution in [2.75, 3.05) is 17.7 Å². The number of aliphatic carboxylic acids is 1. The molecule has 1 aliphatic rings. The highest BCUT2D eigenvalue weighted by atomic mass is 79.9. The number of carbonyl (C=O) groups excluding carboxylic acids is 1. The number of anilines is 1. The third-order valence-corrected chi connectivity index (χ3v) is 6.68. The van der Waals surface area contributed by atoms with E-state index >= 15 is 0 Å². The number of sulfone groups is 1. The monoisotopic (exact) mass is 419 g/mol. The summed E-state index contributed by atoms with van der Waals surface area (Å²) in [6, 6.07) is 5.37. The van der Waals surface area contributed by atoms with E-state index in [2.05, 4.69) is 15.9 Å². The van der Waals surface area contributed by atoms with Gasteiger partial charge in [-0.25, -0.2) is 13.2 Å². The largest absolute Gasteiger partial charge is 0.480 e. The number of hydrogen-bond donors (Lipinski definition) is 1. The Morgan fingerprint density at radius 2 is 2.12 bits per heavy atom. The molecule has 2 unspecified atom stereocenters. The Balaban J connectivity index is 2.25. The highest BCUT2D eigenvalue weighted by molar-refractivity contribution is 9.10. The van der Waals surface area contributed by atoms with E-state index in [4.69, 9.17) is 4.74 Å². The molecule has 0 spiro atoms. The SMILES string of the molecule is Cc1cc(Br)ccc1N1CC(CC(C)(C(=O)O)S(C)(=O)=O)OC1=O. The van der Waals surface area contributed by atoms with Crippen molar-refractivity contribution in [3.8, 4) is 0 Å². The van der Waals surface area contributed by atoms with Crippen molar-refractivity contribution in [3.63, 3.8) is 0 Å². The van der Waals surface area contributed by atoms with E-state index in [1.807, 2.05) is 13.0 Å². The summed E-state index contributed by atoms with van der Waals surface area (Å²) in [6.45, 7) is 3.06. The minimum Gasteiger partial charge on any atom is -0.480 e. The summed E-state index contributed by atoms with van der Waals surface area (Å²) in [7, 11) is -3.88. The molecule has 2 atom stereocenters. The van der Waals surface area contributed by atoms with Gasteiger partial charge in [-0.3, -0.25) is 9.69 Å². The minimum absolute atomic E-state index is 0.0969. The molecule has 1 aliphatic heterocycles. The molecule has 0 saturated carbocycles. The fourth-order valence-corrected chi connectivity index (χ4v) is 3.86. The van der Waals surface area contributed by atoms with Gasteiger partial charge in [0.25, 0.3) is 0 Å². The molecular formula is C15H18BrNO6S. The third kappa shape index (κ3) is 3.41. The van der Waals surface area contributed by atoms with Gasteiger partial charge in [-0.2, -0.15) is 0 Å². The number of rotatable bonds is 5. The molecule has 7 nitrogen and oxygen atoms in total. The lowest BCUT2D eigenvalue weighted by Gasteiger charge is -2.24. The second kappa shape index (κ2) is 6.36. The maximum Gasteiger partial charge on any atom is 0.414 e. The van der Waals surface area contributed by atoms with Crippen molar-refractivity contribution in [1.82, 2.24) is 0 Å². The van der Waals surface area contributed by atoms with E-state index in [1.54, 1.807) is 12.1 Å². The zero-order chi connectivity index (χ0) is 18.3. The van der Waals surface area contributed by atoms with Gasteiger partial charge >= 0.3 is 12.1 Å². The van der Waals surface area contributed by atoms with Crippen LogP contribution in [0.15, 0.2) is 22.7 Å². The van der Waals surface area contributed by atoms with Gasteiger partial charge in [0.15, 0.2) is 14.6 Å². The Morgan fingerprint density at radius 1 is 1.50 bits per heavy atom. The van der Waals surface area contributed by atoms with Crippen LogP contribution < -0.4 is 4.90 Å². The van der Waals surface area contributed by atoms with Gasteiger partial charge in [-0.05, 0) is 37.6 Å². The first kappa shape index (κ1) is 18.7. The van der Waals surface area contributed by atoms with Gasteiger partial charge in [0.05, 0.1) is 12.2 Å². The molecule has 0 aromatic heterocycles. The number of nitrogens with zero attached hydrogens (tertiary/aromatic N) is 1. The summed E-state index contributed by atoms with van der Waals surface area (Å²) in [6.07, 6.45) is -0.879. The van der Waals surface area contributed by atoms with E-state index in [1.165, 1.54) is 4.90 Å². The van der Waals surface area contributed by atoms with Gasteiger partial charge in [-0.15, -0.1) is 0 Å². The predicted molar refractivity (Wildman–Crippen MR) is 92.0 cm³/mol. The van der Waals surface area contributed by atoms with Crippen molar-refractivity contribution >= 4 is 43.5 Å². The second-order valence-corrected chi connectivity index (χ2v) is 9.42. The average molecular weight is 420 g/mol. The lowest BCUT2D eigenvalue weighted by molar-refractivity contribution is -0.140. The quantitative estimate of drug-likeness (QED) is 0.785. The average Bonchev–Trinajstić information content (AvgIpc) is 2.77. The van der Waals surface area contributed by atoms with Crippen molar-refractivity contribution in [2.45, 2.75) is 31.1 Å². The van der Waals surface area contributed by atoms with Crippen LogP contribution in [0, 0.1) is 6.92 Å². The number of carboxylic acids is 1. The molecule has 0 bridgehead atoms. The molecule has 1 N–H and O–H groups in total. The highest BCUT2D eigenvalue weighted by Gasteiger charge is 2.48. The van der Waals surface area contributed by atoms with Crippen LogP contribution in [-0.2, 0) is 19.4 Å². The maximum absolute atomic E-state index is 12.1. The summed E-state index contributed by atoms with van der Waals surface area (Å²) < 4.78 is 27.8. The van der Waals surface area contributed by atoms with Crippen molar-refractivity contribution < 1.29 is 27.9 Å². The lowest BCUT2D eigenvalue weighted by Crippen LogP contribution is -2.46. The number of aryl methyl sites for hydroxylation is 1. The number of carbonyl (C=O) groups is 2. The Hall–Kier alpha value is -1.61. The topological polar surface area (TPSA) is 101 Å². The molecule has 1 aromatic carbocycles. The molecule has 0 radical (unpaired) electrons. The van der Waals surface area contributed by atoms with Gasteiger partial charge in [0.2, 0.25) is 0 Å². The molecule has 0 aliphatic carbocycles. The molecule has 1 heterocycles. The van der Waals surface area contributed by atoms with Crippen LogP contribution in [-0.4, -0.2) is 49.2 Å². The molecule has 24 heavy (non-hydrogen) atoms. The highest BCUT2D eigenvalue weighted by Crippen LogP contribution is 2.32. The number of cyclic esters (lactones) is 1. The number of carboxylic acid groups (broad SMARTS) is 1. The van der Waals surface area contributed by atoms with Crippen LogP contribution in [0.25, 0.3) is 0 Å². The standard InChI is InChI=1S/C15H18BrNO6S/c1-9-6-10(16)4-5-12(9)17-8-11(23-14(17)20)7-15(2,13(18)19)24(3,21)22/h4-6,11H,7-8H2,1-3H3,(H,18,19). The number of hydrogen-bond acceptors (Lipinski definition) is 5. The first-order valence-electron chi connectivity index (χ1n) is 7.13. The van der Waals surface area contributed by atoms with Gasteiger partial charge < -0.3 is 9.84 Å². The van der Waals surface area contributed by atoms with Crippen LogP contribution >= 0.6 is 15.9 Å². The molecule has 9 heteroatoms. The summed E-state index contributed by atoms with van der Waals surface area (Å²) in [4.78, 5) is 25.0. The fraction of sp³-hybridized carbons (Fsp3) is 0.467. The molecule has 132 valence electrons. The molecule has 1 aromatic rings. The van der Waals surface area contributed by atoms with Gasteiger partial charge in [0, 0.05) is 17.1 Å². The zero-order valence-electron chi connectivity index (χ0n) is 13.4. The van der Waals surface area contributed by atoms with Gasteiger partial charge in [-0.1, -0.05) is 15.9 Å². The van der Waals surface area contributed by atoms with E-state index in [-0.39, 0.29) is 13.0 Å². The number of amides is 1. The summed E-state index contributed by atoms with van der Waals surface area (Å²) >= 11 is 3.34. The zero-order valence-corrected chi connectivity index (χ0v) is 15.8. The minimum atomic E-state index is -3.88. The molecular weight excluding hydrogens is 402 g/mol. The summed E-state index contributed by atoms with van der Waals surface area (Å²) in [5.74, 6) is -1.46. The predicted octanol–water partition coefficient (Wildman–Crippen LogP) is 2.36. The summed E-state index contributed by atoms with van der Waals surface area (Å²) in [5.41, 5.74) is 1.48. The summed E-state index contributed by atoms with van der Waals surface area (Å²) in [5, 5.41) is 9.31. The van der Waals surface area contributed by atoms with Crippen LogP contribution in [0.3, 0.4) is 0 Å². The van der Waals surface area contributed by atoms with Crippen molar-refractivity contribution in [2.24, 2.45) is 0 Å². The second-order valence-electron chi connectivity index (χ2n) is 6.06. The molecule has 1 amide bonds. The van der Waals surface area contributed by atoms with Crippen molar-refractivity contribution in [3.05, 3.63) is 28.2 Å². The molecule has 1 fully saturated rings. The van der Waals surface area contributed by atoms with Crippen LogP contribution in [0.5, 0.6) is 0 Å². The number of ether oxygens (including phenoxy) is 1. The third-order valence-electron chi connectivity index (χ3n) is 4.21. The molecule has 2 rings (SSSR count). The van der Waals surface area contributed by atoms with E-state index in [0.717, 1.165) is 23.2 Å². The van der Waals surface area contributed by atoms with Crippen LogP contribution in [0.4, 0.5) is 10.5 Å². The van der Waals surface area contributed by atoms with E-state index in [9.17, 15) is 23.1 Å². The van der Waals surface area contributed by atoms with Crippen molar-refractivity contribution in [1.29, 1.82) is 0 Å². The number of halogens is 1. The first-order valence-corrected chi connectivity index (χ1v) is 9.81. The van der Waals surface area contributed by atoms with Gasteiger partial charge in [0.1, 0.15) is 6.10 Å². The Kier molecular flexibility index (Phi) is 4.96. The van der Waals surface area contributed by atoms with E-state index in [0.29, 0.717) is 5.69 Å². The lowest BCUT2D eigenvalue weighted by atomic mass is 10.0.